The van der Waals surface area contributed by atoms with Gasteiger partial charge in [0.05, 0.1) is 23.8 Å². The number of hydrogen-bond donors (Lipinski definition) is 1. The first-order valence-electron chi connectivity index (χ1n) is 8.21. The molecular formula is C19H18N2O5S. The van der Waals surface area contributed by atoms with Crippen LogP contribution in [0.1, 0.15) is 21.7 Å². The minimum Gasteiger partial charge on any atom is -0.497 e. The van der Waals surface area contributed by atoms with Crippen molar-refractivity contribution >= 4 is 34.9 Å². The van der Waals surface area contributed by atoms with E-state index in [1.54, 1.807) is 50.4 Å². The lowest BCUT2D eigenvalue weighted by Gasteiger charge is -2.12. The van der Waals surface area contributed by atoms with E-state index in [1.165, 1.54) is 6.26 Å². The van der Waals surface area contributed by atoms with E-state index in [9.17, 15) is 14.4 Å². The van der Waals surface area contributed by atoms with E-state index in [1.807, 2.05) is 0 Å². The topological polar surface area (TPSA) is 88.8 Å². The molecule has 0 aliphatic carbocycles. The third-order valence-corrected chi connectivity index (χ3v) is 4.92. The molecule has 1 aromatic heterocycles. The van der Waals surface area contributed by atoms with Gasteiger partial charge in [-0.05, 0) is 48.5 Å². The van der Waals surface area contributed by atoms with E-state index < -0.39 is 0 Å². The Morgan fingerprint density at radius 3 is 2.63 bits per heavy atom. The Bertz CT molecular complexity index is 901. The zero-order chi connectivity index (χ0) is 19.4. The van der Waals surface area contributed by atoms with Crippen molar-refractivity contribution in [2.75, 3.05) is 20.2 Å². The molecule has 3 rings (SSSR count). The number of hydrogen-bond acceptors (Lipinski definition) is 6. The van der Waals surface area contributed by atoms with Crippen molar-refractivity contribution < 1.29 is 23.5 Å². The minimum atomic E-state index is -0.366. The number of aryl methyl sites for hydroxylation is 1. The fraction of sp³-hybridized carbons (Fsp3) is 0.211. The van der Waals surface area contributed by atoms with E-state index in [0.29, 0.717) is 22.0 Å². The summed E-state index contributed by atoms with van der Waals surface area (Å²) in [6.07, 6.45) is 3.10. The molecule has 0 unspecified atom stereocenters. The highest BCUT2D eigenvalue weighted by atomic mass is 32.2. The van der Waals surface area contributed by atoms with E-state index in [4.69, 9.17) is 9.15 Å². The number of nitrogens with zero attached hydrogens (tertiary/aromatic N) is 1. The van der Waals surface area contributed by atoms with Gasteiger partial charge in [-0.3, -0.25) is 19.3 Å². The summed E-state index contributed by atoms with van der Waals surface area (Å²) in [4.78, 5) is 38.1. The summed E-state index contributed by atoms with van der Waals surface area (Å²) < 4.78 is 10.2. The highest BCUT2D eigenvalue weighted by molar-refractivity contribution is 8.18. The number of ether oxygens (including phenoxy) is 1. The molecule has 8 heteroatoms. The lowest BCUT2D eigenvalue weighted by Crippen LogP contribution is -2.37. The number of carbonyl (C=O) groups is 3. The molecule has 7 nitrogen and oxygen atoms in total. The van der Waals surface area contributed by atoms with Crippen molar-refractivity contribution in [2.24, 2.45) is 0 Å². The van der Waals surface area contributed by atoms with Crippen LogP contribution in [0, 0.1) is 6.92 Å². The van der Waals surface area contributed by atoms with Gasteiger partial charge >= 0.3 is 0 Å². The van der Waals surface area contributed by atoms with Gasteiger partial charge in [-0.15, -0.1) is 0 Å². The van der Waals surface area contributed by atoms with Crippen molar-refractivity contribution in [1.82, 2.24) is 10.2 Å². The van der Waals surface area contributed by atoms with Crippen LogP contribution in [-0.4, -0.2) is 42.2 Å². The van der Waals surface area contributed by atoms with Crippen LogP contribution in [0.25, 0.3) is 6.08 Å². The molecule has 1 fully saturated rings. The van der Waals surface area contributed by atoms with Crippen LogP contribution in [0.5, 0.6) is 5.75 Å². The smallest absolute Gasteiger partial charge is 0.293 e. The van der Waals surface area contributed by atoms with Gasteiger partial charge in [-0.25, -0.2) is 0 Å². The second-order valence-electron chi connectivity index (χ2n) is 5.75. The van der Waals surface area contributed by atoms with Gasteiger partial charge in [-0.2, -0.15) is 0 Å². The number of nitrogens with one attached hydrogen (secondary N) is 1. The van der Waals surface area contributed by atoms with Crippen molar-refractivity contribution in [2.45, 2.75) is 6.92 Å². The molecule has 1 aromatic carbocycles. The highest BCUT2D eigenvalue weighted by Crippen LogP contribution is 2.32. The average Bonchev–Trinajstić information content (AvgIpc) is 3.20. The summed E-state index contributed by atoms with van der Waals surface area (Å²) in [5.74, 6) is 0.557. The van der Waals surface area contributed by atoms with Crippen molar-refractivity contribution in [3.05, 3.63) is 58.4 Å². The van der Waals surface area contributed by atoms with Gasteiger partial charge in [0.1, 0.15) is 11.5 Å². The second-order valence-corrected chi connectivity index (χ2v) is 6.75. The molecule has 0 spiro atoms. The Hall–Kier alpha value is -3.00. The molecule has 0 radical (unpaired) electrons. The van der Waals surface area contributed by atoms with Crippen molar-refractivity contribution in [3.8, 4) is 5.75 Å². The number of rotatable bonds is 6. The molecule has 0 atom stereocenters. The summed E-state index contributed by atoms with van der Waals surface area (Å²) in [5.41, 5.74) is 1.23. The largest absolute Gasteiger partial charge is 0.497 e. The molecule has 0 saturated carbocycles. The fourth-order valence-electron chi connectivity index (χ4n) is 2.54. The molecule has 2 aromatic rings. The zero-order valence-electron chi connectivity index (χ0n) is 14.9. The molecule has 0 bridgehead atoms. The van der Waals surface area contributed by atoms with Crippen LogP contribution in [0.2, 0.25) is 0 Å². The lowest BCUT2D eigenvalue weighted by atomic mass is 10.2. The predicted molar refractivity (Wildman–Crippen MR) is 101 cm³/mol. The molecule has 1 aliphatic heterocycles. The first kappa shape index (κ1) is 18.8. The van der Waals surface area contributed by atoms with Crippen LogP contribution in [0.3, 0.4) is 0 Å². The van der Waals surface area contributed by atoms with E-state index in [2.05, 4.69) is 5.32 Å². The van der Waals surface area contributed by atoms with Gasteiger partial charge in [0.2, 0.25) is 0 Å². The Morgan fingerprint density at radius 2 is 2.00 bits per heavy atom. The molecule has 2 heterocycles. The standard InChI is InChI=1S/C19H18N2O5S/c1-12-15(7-10-26-12)17(22)20-8-9-21-18(23)16(27-19(21)24)11-13-3-5-14(25-2)6-4-13/h3-7,10-11H,8-9H2,1-2H3,(H,20,22)/b16-11-. The number of carbonyl (C=O) groups excluding carboxylic acids is 3. The van der Waals surface area contributed by atoms with Crippen LogP contribution in [-0.2, 0) is 4.79 Å². The molecule has 1 aliphatic rings. The normalized spacial score (nSPS) is 15.5. The average molecular weight is 386 g/mol. The quantitative estimate of drug-likeness (QED) is 0.768. The highest BCUT2D eigenvalue weighted by Gasteiger charge is 2.34. The first-order valence-corrected chi connectivity index (χ1v) is 9.03. The predicted octanol–water partition coefficient (Wildman–Crippen LogP) is 3.06. The van der Waals surface area contributed by atoms with Crippen LogP contribution in [0.4, 0.5) is 4.79 Å². The molecule has 3 amide bonds. The van der Waals surface area contributed by atoms with Crippen LogP contribution >= 0.6 is 11.8 Å². The Kier molecular flexibility index (Phi) is 5.66. The fourth-order valence-corrected chi connectivity index (χ4v) is 3.41. The number of amides is 3. The number of imide groups is 1. The van der Waals surface area contributed by atoms with E-state index in [0.717, 1.165) is 22.2 Å². The minimum absolute atomic E-state index is 0.104. The van der Waals surface area contributed by atoms with Gasteiger partial charge < -0.3 is 14.5 Å². The zero-order valence-corrected chi connectivity index (χ0v) is 15.7. The summed E-state index contributed by atoms with van der Waals surface area (Å²) in [7, 11) is 1.58. The Morgan fingerprint density at radius 1 is 1.26 bits per heavy atom. The maximum Gasteiger partial charge on any atom is 0.293 e. The molecule has 1 N–H and O–H groups in total. The number of thioether (sulfide) groups is 1. The number of furan rings is 1. The third kappa shape index (κ3) is 4.22. The summed E-state index contributed by atoms with van der Waals surface area (Å²) >= 11 is 0.885. The maximum absolute atomic E-state index is 12.5. The van der Waals surface area contributed by atoms with Gasteiger partial charge in [0, 0.05) is 13.1 Å². The van der Waals surface area contributed by atoms with Crippen LogP contribution < -0.4 is 10.1 Å². The summed E-state index contributed by atoms with van der Waals surface area (Å²) in [6.45, 7) is 1.96. The van der Waals surface area contributed by atoms with Gasteiger partial charge in [-0.1, -0.05) is 12.1 Å². The monoisotopic (exact) mass is 386 g/mol. The molecular weight excluding hydrogens is 368 g/mol. The summed E-state index contributed by atoms with van der Waals surface area (Å²) in [5, 5.41) is 2.33. The van der Waals surface area contributed by atoms with Crippen LogP contribution in [0.15, 0.2) is 45.9 Å². The number of benzene rings is 1. The lowest BCUT2D eigenvalue weighted by molar-refractivity contribution is -0.122. The Balaban J connectivity index is 1.59. The third-order valence-electron chi connectivity index (χ3n) is 4.01. The maximum atomic E-state index is 12.5. The van der Waals surface area contributed by atoms with E-state index >= 15 is 0 Å². The van der Waals surface area contributed by atoms with Gasteiger partial charge in [0.25, 0.3) is 17.1 Å². The van der Waals surface area contributed by atoms with E-state index in [-0.39, 0.29) is 30.1 Å². The van der Waals surface area contributed by atoms with Gasteiger partial charge in [0.15, 0.2) is 0 Å². The molecule has 27 heavy (non-hydrogen) atoms. The second kappa shape index (κ2) is 8.13. The van der Waals surface area contributed by atoms with Crippen molar-refractivity contribution in [3.63, 3.8) is 0 Å². The molecule has 1 saturated heterocycles. The summed E-state index contributed by atoms with van der Waals surface area (Å²) in [6, 6.07) is 8.75. The molecule has 140 valence electrons. The first-order chi connectivity index (χ1) is 13.0. The Labute approximate surface area is 160 Å². The SMILES string of the molecule is COc1ccc(/C=C2\SC(=O)N(CCNC(=O)c3ccoc3C)C2=O)cc1. The van der Waals surface area contributed by atoms with Crippen molar-refractivity contribution in [1.29, 1.82) is 0 Å². The number of methoxy groups -OCH3 is 1.